The van der Waals surface area contributed by atoms with Gasteiger partial charge >= 0.3 is 0 Å². The van der Waals surface area contributed by atoms with Crippen LogP contribution in [0.1, 0.15) is 16.3 Å². The average molecular weight is 413 g/mol. The summed E-state index contributed by atoms with van der Waals surface area (Å²) in [7, 11) is 0. The van der Waals surface area contributed by atoms with Crippen LogP contribution in [0.5, 0.6) is 5.75 Å². The van der Waals surface area contributed by atoms with Crippen LogP contribution in [0.4, 0.5) is 5.82 Å². The minimum absolute atomic E-state index is 0.0855. The molecule has 0 N–H and O–H groups in total. The number of hydrogen-bond donors (Lipinski definition) is 0. The molecule has 0 bridgehead atoms. The molecule has 6 heteroatoms. The van der Waals surface area contributed by atoms with E-state index in [1.165, 1.54) is 5.39 Å². The summed E-state index contributed by atoms with van der Waals surface area (Å²) in [6.07, 6.45) is 1.79. The molecule has 4 aromatic rings. The lowest BCUT2D eigenvalue weighted by atomic mass is 10.1. The Morgan fingerprint density at radius 2 is 1.71 bits per heavy atom. The lowest BCUT2D eigenvalue weighted by Crippen LogP contribution is -2.49. The molecule has 1 aliphatic heterocycles. The second kappa shape index (κ2) is 8.52. The molecular formula is C25H23N3O3. The summed E-state index contributed by atoms with van der Waals surface area (Å²) in [6, 6.07) is 23.5. The van der Waals surface area contributed by atoms with Gasteiger partial charge in [-0.3, -0.25) is 4.79 Å². The predicted octanol–water partition coefficient (Wildman–Crippen LogP) is 4.37. The van der Waals surface area contributed by atoms with Gasteiger partial charge in [-0.25, -0.2) is 4.98 Å². The van der Waals surface area contributed by atoms with Crippen molar-refractivity contribution in [3.8, 4) is 5.75 Å². The SMILES string of the molecule is O=C(c1ccc(COc2ccc3ccccc3c2)o1)N1CCN(c2ccccn2)CC1. The number of amides is 1. The summed E-state index contributed by atoms with van der Waals surface area (Å²) in [5, 5.41) is 2.30. The molecule has 156 valence electrons. The molecule has 1 fully saturated rings. The van der Waals surface area contributed by atoms with Gasteiger partial charge in [0.1, 0.15) is 23.9 Å². The Hall–Kier alpha value is -3.80. The maximum Gasteiger partial charge on any atom is 0.289 e. The zero-order chi connectivity index (χ0) is 21.0. The fourth-order valence-corrected chi connectivity index (χ4v) is 3.82. The Bertz CT molecular complexity index is 1180. The number of ether oxygens (including phenoxy) is 1. The second-order valence-corrected chi connectivity index (χ2v) is 7.53. The minimum atomic E-state index is -0.0855. The molecule has 1 aliphatic rings. The first-order chi connectivity index (χ1) is 15.3. The molecule has 3 heterocycles. The minimum Gasteiger partial charge on any atom is -0.486 e. The Labute approximate surface area is 180 Å². The van der Waals surface area contributed by atoms with Crippen LogP contribution in [0.3, 0.4) is 0 Å². The van der Waals surface area contributed by atoms with Crippen molar-refractivity contribution in [1.82, 2.24) is 9.88 Å². The van der Waals surface area contributed by atoms with Crippen LogP contribution >= 0.6 is 0 Å². The lowest BCUT2D eigenvalue weighted by molar-refractivity contribution is 0.0710. The van der Waals surface area contributed by atoms with Crippen molar-refractivity contribution < 1.29 is 13.9 Å². The van der Waals surface area contributed by atoms with Gasteiger partial charge in [-0.1, -0.05) is 36.4 Å². The van der Waals surface area contributed by atoms with Gasteiger partial charge in [0.05, 0.1) is 0 Å². The first-order valence-corrected chi connectivity index (χ1v) is 10.4. The highest BCUT2D eigenvalue weighted by molar-refractivity contribution is 5.91. The first kappa shape index (κ1) is 19.2. The zero-order valence-electron chi connectivity index (χ0n) is 17.1. The highest BCUT2D eigenvalue weighted by Gasteiger charge is 2.24. The number of rotatable bonds is 5. The zero-order valence-corrected chi connectivity index (χ0v) is 17.1. The summed E-state index contributed by atoms with van der Waals surface area (Å²) in [5.41, 5.74) is 0. The standard InChI is InChI=1S/C25H23N3O3/c29-25(28-15-13-27(14-16-28)24-7-3-4-12-26-24)23-11-10-22(31-23)18-30-21-9-8-19-5-1-2-6-20(19)17-21/h1-12,17H,13-16,18H2. The van der Waals surface area contributed by atoms with Crippen LogP contribution in [0.2, 0.25) is 0 Å². The number of carbonyl (C=O) groups is 1. The highest BCUT2D eigenvalue weighted by Crippen LogP contribution is 2.22. The fraction of sp³-hybridized carbons (Fsp3) is 0.200. The largest absolute Gasteiger partial charge is 0.486 e. The molecule has 2 aromatic carbocycles. The van der Waals surface area contributed by atoms with Crippen molar-refractivity contribution in [2.45, 2.75) is 6.61 Å². The number of piperazine rings is 1. The van der Waals surface area contributed by atoms with E-state index in [1.54, 1.807) is 18.3 Å². The number of fused-ring (bicyclic) bond motifs is 1. The summed E-state index contributed by atoms with van der Waals surface area (Å²) in [5.74, 6) is 2.61. The van der Waals surface area contributed by atoms with E-state index in [1.807, 2.05) is 53.4 Å². The predicted molar refractivity (Wildman–Crippen MR) is 119 cm³/mol. The maximum absolute atomic E-state index is 12.8. The van der Waals surface area contributed by atoms with E-state index in [-0.39, 0.29) is 12.5 Å². The number of anilines is 1. The van der Waals surface area contributed by atoms with E-state index in [0.29, 0.717) is 24.6 Å². The molecule has 0 saturated carbocycles. The van der Waals surface area contributed by atoms with Gasteiger partial charge in [-0.05, 0) is 47.2 Å². The number of nitrogens with zero attached hydrogens (tertiary/aromatic N) is 3. The summed E-state index contributed by atoms with van der Waals surface area (Å²) < 4.78 is 11.6. The molecule has 1 saturated heterocycles. The third-order valence-electron chi connectivity index (χ3n) is 5.51. The monoisotopic (exact) mass is 413 g/mol. The van der Waals surface area contributed by atoms with Gasteiger partial charge < -0.3 is 19.0 Å². The van der Waals surface area contributed by atoms with E-state index in [4.69, 9.17) is 9.15 Å². The Morgan fingerprint density at radius 1 is 0.903 bits per heavy atom. The van der Waals surface area contributed by atoms with Gasteiger partial charge in [0, 0.05) is 32.4 Å². The van der Waals surface area contributed by atoms with E-state index in [0.717, 1.165) is 30.0 Å². The highest BCUT2D eigenvalue weighted by atomic mass is 16.5. The smallest absolute Gasteiger partial charge is 0.289 e. The van der Waals surface area contributed by atoms with Gasteiger partial charge in [-0.2, -0.15) is 0 Å². The maximum atomic E-state index is 12.8. The third-order valence-corrected chi connectivity index (χ3v) is 5.51. The third kappa shape index (κ3) is 4.23. The molecule has 1 amide bonds. The number of pyridine rings is 1. The van der Waals surface area contributed by atoms with Crippen molar-refractivity contribution in [1.29, 1.82) is 0 Å². The molecule has 0 atom stereocenters. The molecule has 0 spiro atoms. The van der Waals surface area contributed by atoms with Crippen molar-refractivity contribution >= 4 is 22.5 Å². The molecule has 0 unspecified atom stereocenters. The number of aromatic nitrogens is 1. The first-order valence-electron chi connectivity index (χ1n) is 10.4. The van der Waals surface area contributed by atoms with Crippen LogP contribution in [0.25, 0.3) is 10.8 Å². The van der Waals surface area contributed by atoms with Gasteiger partial charge in [0.2, 0.25) is 0 Å². The molecule has 2 aromatic heterocycles. The second-order valence-electron chi connectivity index (χ2n) is 7.53. The van der Waals surface area contributed by atoms with Crippen molar-refractivity contribution in [2.75, 3.05) is 31.1 Å². The molecule has 5 rings (SSSR count). The quantitative estimate of drug-likeness (QED) is 0.486. The lowest BCUT2D eigenvalue weighted by Gasteiger charge is -2.34. The number of furan rings is 1. The van der Waals surface area contributed by atoms with Gasteiger partial charge in [0.15, 0.2) is 5.76 Å². The molecule has 0 radical (unpaired) electrons. The number of carbonyl (C=O) groups excluding carboxylic acids is 1. The van der Waals surface area contributed by atoms with Crippen LogP contribution in [0, 0.1) is 0 Å². The fourth-order valence-electron chi connectivity index (χ4n) is 3.82. The van der Waals surface area contributed by atoms with Crippen molar-refractivity contribution in [3.63, 3.8) is 0 Å². The average Bonchev–Trinajstić information content (AvgIpc) is 3.32. The van der Waals surface area contributed by atoms with Crippen LogP contribution < -0.4 is 9.64 Å². The van der Waals surface area contributed by atoms with Crippen molar-refractivity contribution in [2.24, 2.45) is 0 Å². The van der Waals surface area contributed by atoms with E-state index < -0.39 is 0 Å². The van der Waals surface area contributed by atoms with E-state index in [9.17, 15) is 4.79 Å². The van der Waals surface area contributed by atoms with Crippen molar-refractivity contribution in [3.05, 3.63) is 90.5 Å². The number of benzene rings is 2. The summed E-state index contributed by atoms with van der Waals surface area (Å²) >= 11 is 0. The van der Waals surface area contributed by atoms with Gasteiger partial charge in [0.25, 0.3) is 5.91 Å². The molecule has 6 nitrogen and oxygen atoms in total. The Balaban J connectivity index is 1.18. The van der Waals surface area contributed by atoms with E-state index >= 15 is 0 Å². The van der Waals surface area contributed by atoms with Crippen LogP contribution in [0.15, 0.2) is 83.4 Å². The van der Waals surface area contributed by atoms with E-state index in [2.05, 4.69) is 22.0 Å². The molecule has 31 heavy (non-hydrogen) atoms. The van der Waals surface area contributed by atoms with Gasteiger partial charge in [-0.15, -0.1) is 0 Å². The summed E-state index contributed by atoms with van der Waals surface area (Å²) in [4.78, 5) is 21.2. The molecular weight excluding hydrogens is 390 g/mol. The van der Waals surface area contributed by atoms with Crippen LogP contribution in [-0.4, -0.2) is 42.0 Å². The Kier molecular flexibility index (Phi) is 5.27. The summed E-state index contributed by atoms with van der Waals surface area (Å²) in [6.45, 7) is 3.06. The molecule has 0 aliphatic carbocycles. The van der Waals surface area contributed by atoms with Crippen LogP contribution in [-0.2, 0) is 6.61 Å². The number of hydrogen-bond acceptors (Lipinski definition) is 5. The topological polar surface area (TPSA) is 58.8 Å². The Morgan fingerprint density at radius 3 is 2.52 bits per heavy atom. The normalized spacial score (nSPS) is 14.1.